The number of halogens is 3. The SMILES string of the molecule is Fc1cccc(C2CNCCC2c2c(F)cccc2F)c1. The smallest absolute Gasteiger partial charge is 0.129 e. The van der Waals surface area contributed by atoms with E-state index in [-0.39, 0.29) is 23.2 Å². The van der Waals surface area contributed by atoms with Gasteiger partial charge in [-0.15, -0.1) is 0 Å². The van der Waals surface area contributed by atoms with Crippen LogP contribution >= 0.6 is 0 Å². The fraction of sp³-hybridized carbons (Fsp3) is 0.294. The highest BCUT2D eigenvalue weighted by Gasteiger charge is 2.31. The molecule has 2 atom stereocenters. The third-order valence-electron chi connectivity index (χ3n) is 4.13. The van der Waals surface area contributed by atoms with Crippen LogP contribution in [0.3, 0.4) is 0 Å². The van der Waals surface area contributed by atoms with Gasteiger partial charge in [0, 0.05) is 18.0 Å². The van der Waals surface area contributed by atoms with E-state index in [2.05, 4.69) is 5.32 Å². The van der Waals surface area contributed by atoms with Crippen LogP contribution in [0.4, 0.5) is 13.2 Å². The lowest BCUT2D eigenvalue weighted by molar-refractivity contribution is 0.380. The Morgan fingerprint density at radius 1 is 0.905 bits per heavy atom. The summed E-state index contributed by atoms with van der Waals surface area (Å²) in [6, 6.07) is 10.2. The summed E-state index contributed by atoms with van der Waals surface area (Å²) < 4.78 is 41.6. The Morgan fingerprint density at radius 3 is 2.33 bits per heavy atom. The minimum Gasteiger partial charge on any atom is -0.316 e. The third-order valence-corrected chi connectivity index (χ3v) is 4.13. The predicted octanol–water partition coefficient (Wildman–Crippen LogP) is 3.96. The van der Waals surface area contributed by atoms with Crippen molar-refractivity contribution >= 4 is 0 Å². The number of rotatable bonds is 2. The molecule has 1 nitrogen and oxygen atoms in total. The third kappa shape index (κ3) is 2.81. The van der Waals surface area contributed by atoms with Gasteiger partial charge < -0.3 is 5.32 Å². The number of piperidine rings is 1. The fourth-order valence-corrected chi connectivity index (χ4v) is 3.16. The molecule has 0 radical (unpaired) electrons. The largest absolute Gasteiger partial charge is 0.316 e. The van der Waals surface area contributed by atoms with Crippen molar-refractivity contribution < 1.29 is 13.2 Å². The van der Waals surface area contributed by atoms with Crippen LogP contribution in [0.2, 0.25) is 0 Å². The van der Waals surface area contributed by atoms with Crippen LogP contribution in [-0.4, -0.2) is 13.1 Å². The van der Waals surface area contributed by atoms with Gasteiger partial charge in [0.05, 0.1) is 0 Å². The van der Waals surface area contributed by atoms with Crippen LogP contribution in [0.5, 0.6) is 0 Å². The number of hydrogen-bond acceptors (Lipinski definition) is 1. The Balaban J connectivity index is 2.02. The first-order valence-electron chi connectivity index (χ1n) is 7.07. The molecule has 2 unspecified atom stereocenters. The highest BCUT2D eigenvalue weighted by atomic mass is 19.1. The van der Waals surface area contributed by atoms with Gasteiger partial charge in [-0.05, 0) is 48.7 Å². The molecule has 1 aliphatic heterocycles. The van der Waals surface area contributed by atoms with E-state index in [0.29, 0.717) is 19.5 Å². The zero-order valence-electron chi connectivity index (χ0n) is 11.5. The maximum Gasteiger partial charge on any atom is 0.129 e. The number of nitrogens with one attached hydrogen (secondary N) is 1. The van der Waals surface area contributed by atoms with Crippen LogP contribution in [0, 0.1) is 17.5 Å². The summed E-state index contributed by atoms with van der Waals surface area (Å²) >= 11 is 0. The fourth-order valence-electron chi connectivity index (χ4n) is 3.16. The molecule has 1 N–H and O–H groups in total. The van der Waals surface area contributed by atoms with E-state index >= 15 is 0 Å². The van der Waals surface area contributed by atoms with E-state index in [1.165, 1.54) is 30.3 Å². The Kier molecular flexibility index (Phi) is 3.97. The van der Waals surface area contributed by atoms with Crippen LogP contribution in [0.15, 0.2) is 42.5 Å². The summed E-state index contributed by atoms with van der Waals surface area (Å²) in [6.07, 6.45) is 0.624. The van der Waals surface area contributed by atoms with Crippen LogP contribution in [0.1, 0.15) is 29.4 Å². The van der Waals surface area contributed by atoms with Gasteiger partial charge in [0.1, 0.15) is 17.5 Å². The molecule has 110 valence electrons. The normalized spacial score (nSPS) is 22.2. The minimum atomic E-state index is -0.525. The topological polar surface area (TPSA) is 12.0 Å². The zero-order chi connectivity index (χ0) is 14.8. The average Bonchev–Trinajstić information content (AvgIpc) is 2.47. The van der Waals surface area contributed by atoms with Crippen LogP contribution in [-0.2, 0) is 0 Å². The monoisotopic (exact) mass is 291 g/mol. The van der Waals surface area contributed by atoms with Gasteiger partial charge in [0.25, 0.3) is 0 Å². The number of hydrogen-bond donors (Lipinski definition) is 1. The zero-order valence-corrected chi connectivity index (χ0v) is 11.5. The van der Waals surface area contributed by atoms with E-state index in [0.717, 1.165) is 5.56 Å². The van der Waals surface area contributed by atoms with E-state index in [1.54, 1.807) is 6.07 Å². The van der Waals surface area contributed by atoms with Gasteiger partial charge in [-0.2, -0.15) is 0 Å². The van der Waals surface area contributed by atoms with Crippen molar-refractivity contribution in [2.24, 2.45) is 0 Å². The van der Waals surface area contributed by atoms with E-state index in [4.69, 9.17) is 0 Å². The molecule has 0 aliphatic carbocycles. The van der Waals surface area contributed by atoms with Crippen molar-refractivity contribution in [2.45, 2.75) is 18.3 Å². The summed E-state index contributed by atoms with van der Waals surface area (Å²) in [6.45, 7) is 1.28. The summed E-state index contributed by atoms with van der Waals surface area (Å²) in [5, 5.41) is 3.22. The van der Waals surface area contributed by atoms with E-state index in [9.17, 15) is 13.2 Å². The minimum absolute atomic E-state index is 0.119. The van der Waals surface area contributed by atoms with Crippen LogP contribution in [0.25, 0.3) is 0 Å². The first-order chi connectivity index (χ1) is 10.2. The van der Waals surface area contributed by atoms with E-state index in [1.807, 2.05) is 6.07 Å². The number of benzene rings is 2. The maximum atomic E-state index is 14.1. The summed E-state index contributed by atoms with van der Waals surface area (Å²) in [5.41, 5.74) is 0.892. The van der Waals surface area contributed by atoms with Gasteiger partial charge in [-0.1, -0.05) is 18.2 Å². The first kappa shape index (κ1) is 14.1. The van der Waals surface area contributed by atoms with Gasteiger partial charge >= 0.3 is 0 Å². The van der Waals surface area contributed by atoms with Crippen molar-refractivity contribution in [3.05, 3.63) is 71.0 Å². The molecular weight excluding hydrogens is 275 g/mol. The highest BCUT2D eigenvalue weighted by Crippen LogP contribution is 2.39. The second-order valence-electron chi connectivity index (χ2n) is 5.40. The van der Waals surface area contributed by atoms with Crippen molar-refractivity contribution in [3.8, 4) is 0 Å². The molecule has 1 fully saturated rings. The standard InChI is InChI=1S/C17H16F3N/c18-12-4-1-3-11(9-12)14-10-21-8-7-13(14)17-15(19)5-2-6-16(17)20/h1-6,9,13-14,21H,7-8,10H2. The quantitative estimate of drug-likeness (QED) is 0.883. The molecule has 2 aromatic carbocycles. The first-order valence-corrected chi connectivity index (χ1v) is 7.07. The van der Waals surface area contributed by atoms with Gasteiger partial charge in [0.15, 0.2) is 0 Å². The molecule has 2 aromatic rings. The van der Waals surface area contributed by atoms with Crippen molar-refractivity contribution in [2.75, 3.05) is 13.1 Å². The molecule has 0 aromatic heterocycles. The second kappa shape index (κ2) is 5.90. The summed E-state index contributed by atoms with van der Waals surface area (Å²) in [5.74, 6) is -1.80. The Labute approximate surface area is 121 Å². The summed E-state index contributed by atoms with van der Waals surface area (Å²) in [4.78, 5) is 0. The highest BCUT2D eigenvalue weighted by molar-refractivity contribution is 5.32. The van der Waals surface area contributed by atoms with Gasteiger partial charge in [0.2, 0.25) is 0 Å². The lowest BCUT2D eigenvalue weighted by Crippen LogP contribution is -2.34. The molecule has 4 heteroatoms. The Hall–Kier alpha value is -1.81. The van der Waals surface area contributed by atoms with Gasteiger partial charge in [-0.25, -0.2) is 13.2 Å². The van der Waals surface area contributed by atoms with Crippen LogP contribution < -0.4 is 5.32 Å². The second-order valence-corrected chi connectivity index (χ2v) is 5.40. The van der Waals surface area contributed by atoms with E-state index < -0.39 is 11.6 Å². The Morgan fingerprint density at radius 2 is 1.62 bits per heavy atom. The molecule has 1 heterocycles. The average molecular weight is 291 g/mol. The van der Waals surface area contributed by atoms with Crippen molar-refractivity contribution in [1.29, 1.82) is 0 Å². The molecular formula is C17H16F3N. The molecule has 21 heavy (non-hydrogen) atoms. The molecule has 1 aliphatic rings. The molecule has 0 saturated carbocycles. The summed E-state index contributed by atoms with van der Waals surface area (Å²) in [7, 11) is 0. The molecule has 0 bridgehead atoms. The Bertz CT molecular complexity index is 621. The van der Waals surface area contributed by atoms with Gasteiger partial charge in [-0.3, -0.25) is 0 Å². The molecule has 0 spiro atoms. The lowest BCUT2D eigenvalue weighted by atomic mass is 9.77. The molecule has 1 saturated heterocycles. The van der Waals surface area contributed by atoms with Crippen molar-refractivity contribution in [3.63, 3.8) is 0 Å². The lowest BCUT2D eigenvalue weighted by Gasteiger charge is -2.33. The molecule has 0 amide bonds. The predicted molar refractivity (Wildman–Crippen MR) is 75.7 cm³/mol. The molecule has 3 rings (SSSR count). The van der Waals surface area contributed by atoms with Crippen molar-refractivity contribution in [1.82, 2.24) is 5.32 Å². The maximum absolute atomic E-state index is 14.1.